The first-order chi connectivity index (χ1) is 24.7. The highest BCUT2D eigenvalue weighted by atomic mass is 32.2. The molecule has 4 aliphatic rings. The Kier molecular flexibility index (Phi) is 10.8. The minimum absolute atomic E-state index is 0.0175. The molecule has 2 saturated heterocycles. The molecule has 2 aromatic rings. The van der Waals surface area contributed by atoms with Crippen LogP contribution in [0.3, 0.4) is 0 Å². The van der Waals surface area contributed by atoms with Gasteiger partial charge >= 0.3 is 16.2 Å². The number of piperidine rings is 1. The van der Waals surface area contributed by atoms with E-state index in [1.807, 2.05) is 57.2 Å². The molecule has 6 rings (SSSR count). The first-order valence-corrected chi connectivity index (χ1v) is 19.6. The Morgan fingerprint density at radius 3 is 2.58 bits per heavy atom. The minimum Gasteiger partial charge on any atom is -0.472 e. The maximum Gasteiger partial charge on any atom is 0.306 e. The van der Waals surface area contributed by atoms with Crippen LogP contribution in [0, 0.1) is 17.3 Å². The van der Waals surface area contributed by atoms with E-state index in [0.29, 0.717) is 44.7 Å². The maximum absolute atomic E-state index is 14.5. The average molecular weight is 736 g/mol. The number of carbonyl (C=O) groups is 4. The van der Waals surface area contributed by atoms with Gasteiger partial charge in [-0.15, -0.1) is 6.58 Å². The van der Waals surface area contributed by atoms with E-state index in [1.165, 1.54) is 15.3 Å². The van der Waals surface area contributed by atoms with Crippen LogP contribution in [0.4, 0.5) is 0 Å². The summed E-state index contributed by atoms with van der Waals surface area (Å²) >= 11 is 0. The summed E-state index contributed by atoms with van der Waals surface area (Å²) in [5, 5.41) is 4.52. The van der Waals surface area contributed by atoms with E-state index < -0.39 is 68.8 Å². The smallest absolute Gasteiger partial charge is 0.306 e. The van der Waals surface area contributed by atoms with E-state index in [1.54, 1.807) is 6.20 Å². The van der Waals surface area contributed by atoms with Crippen LogP contribution in [0.1, 0.15) is 77.7 Å². The van der Waals surface area contributed by atoms with E-state index in [0.717, 1.165) is 22.8 Å². The van der Waals surface area contributed by atoms with Crippen molar-refractivity contribution >= 4 is 50.7 Å². The number of pyridine rings is 1. The van der Waals surface area contributed by atoms with Crippen LogP contribution >= 0.6 is 0 Å². The number of nitrogens with one attached hydrogen (secondary N) is 2. The molecule has 52 heavy (non-hydrogen) atoms. The summed E-state index contributed by atoms with van der Waals surface area (Å²) in [5.41, 5.74) is -1.30. The summed E-state index contributed by atoms with van der Waals surface area (Å²) < 4.78 is 41.8. The molecule has 13 nitrogen and oxygen atoms in total. The van der Waals surface area contributed by atoms with Gasteiger partial charge in [-0.25, -0.2) is 9.71 Å². The molecule has 3 fully saturated rings. The van der Waals surface area contributed by atoms with Gasteiger partial charge in [0.25, 0.3) is 5.91 Å². The van der Waals surface area contributed by atoms with Gasteiger partial charge in [-0.3, -0.25) is 19.2 Å². The van der Waals surface area contributed by atoms with Crippen molar-refractivity contribution in [3.05, 3.63) is 54.8 Å². The topological polar surface area (TPSA) is 164 Å². The molecule has 2 N–H and O–H groups in total. The number of allylic oxidation sites excluding steroid dienone is 1. The molecular weight excluding hydrogens is 687 g/mol. The number of rotatable bonds is 6. The number of ether oxygens (including phenoxy) is 2. The van der Waals surface area contributed by atoms with Gasteiger partial charge in [0.2, 0.25) is 17.7 Å². The predicted molar refractivity (Wildman–Crippen MR) is 195 cm³/mol. The number of esters is 1. The summed E-state index contributed by atoms with van der Waals surface area (Å²) in [6.07, 6.45) is 10.1. The lowest BCUT2D eigenvalue weighted by Crippen LogP contribution is -2.58. The minimum atomic E-state index is -4.14. The highest BCUT2D eigenvalue weighted by Crippen LogP contribution is 2.45. The number of carbonyl (C=O) groups excluding carboxylic acids is 4. The van der Waals surface area contributed by atoms with Crippen molar-refractivity contribution in [3.63, 3.8) is 0 Å². The maximum atomic E-state index is 14.5. The molecule has 3 amide bonds. The fourth-order valence-corrected chi connectivity index (χ4v) is 8.69. The third-order valence-corrected chi connectivity index (χ3v) is 12.1. The molecule has 1 aromatic carbocycles. The first kappa shape index (κ1) is 37.5. The first-order valence-electron chi connectivity index (χ1n) is 18.2. The van der Waals surface area contributed by atoms with Crippen LogP contribution in [0.5, 0.6) is 5.88 Å². The summed E-state index contributed by atoms with van der Waals surface area (Å²) in [5.74, 6) is -3.40. The molecule has 0 radical (unpaired) electrons. The van der Waals surface area contributed by atoms with E-state index in [-0.39, 0.29) is 32.4 Å². The van der Waals surface area contributed by atoms with Crippen molar-refractivity contribution < 1.29 is 37.1 Å². The van der Waals surface area contributed by atoms with Crippen LogP contribution in [0.15, 0.2) is 49.2 Å². The zero-order valence-electron chi connectivity index (χ0n) is 30.1. The molecule has 14 heteroatoms. The molecular formula is C38H49N5O8S. The lowest BCUT2D eigenvalue weighted by atomic mass is 9.77. The molecule has 5 atom stereocenters. The van der Waals surface area contributed by atoms with Crippen LogP contribution in [-0.4, -0.2) is 90.2 Å². The van der Waals surface area contributed by atoms with Crippen LogP contribution in [0.25, 0.3) is 16.8 Å². The van der Waals surface area contributed by atoms with Gasteiger partial charge in [0.05, 0.1) is 25.5 Å². The standard InChI is InChI=1S/C38H49N5O8S/c1-5-27-23-38(27,36(47)41-52(48,49)42-17-9-7-10-18-42)40-33(45)31-21-28-24-43(31)35(46)30(37(2,3)4)22-32(44)50-19-11-6-8-12-25-13-14-26-15-16-39-34(51-28)29(26)20-25/h5,8,12-16,20,27-28,30-31H,1,6-7,9-11,17-19,21-24H2,2-4H3,(H,40,45)(H,41,47)/b12-8+/t27-,28-,30-,31+,38-/m1/s1. The monoisotopic (exact) mass is 735 g/mol. The Bertz CT molecular complexity index is 1870. The second-order valence-corrected chi connectivity index (χ2v) is 17.0. The zero-order chi connectivity index (χ0) is 37.3. The molecule has 1 aromatic heterocycles. The van der Waals surface area contributed by atoms with Crippen molar-refractivity contribution in [2.45, 2.75) is 89.8 Å². The van der Waals surface area contributed by atoms with Gasteiger partial charge in [-0.05, 0) is 60.6 Å². The molecule has 1 aliphatic carbocycles. The number of cyclic esters (lactones) is 1. The molecule has 4 bridgehead atoms. The molecule has 1 saturated carbocycles. The molecule has 4 heterocycles. The van der Waals surface area contributed by atoms with E-state index >= 15 is 0 Å². The van der Waals surface area contributed by atoms with Gasteiger partial charge < -0.3 is 19.7 Å². The number of nitrogens with zero attached hydrogens (tertiary/aromatic N) is 3. The Morgan fingerprint density at radius 2 is 1.87 bits per heavy atom. The Hall–Kier alpha value is -4.30. The number of benzene rings is 1. The quantitative estimate of drug-likeness (QED) is 0.331. The van der Waals surface area contributed by atoms with Gasteiger partial charge in [-0.2, -0.15) is 12.7 Å². The second kappa shape index (κ2) is 15.0. The van der Waals surface area contributed by atoms with Crippen molar-refractivity contribution in [3.8, 4) is 5.88 Å². The third kappa shape index (κ3) is 8.02. The zero-order valence-corrected chi connectivity index (χ0v) is 31.0. The lowest BCUT2D eigenvalue weighted by Gasteiger charge is -2.35. The number of amides is 3. The number of aromatic nitrogens is 1. The van der Waals surface area contributed by atoms with E-state index in [2.05, 4.69) is 21.6 Å². The van der Waals surface area contributed by atoms with Crippen LogP contribution < -0.4 is 14.8 Å². The van der Waals surface area contributed by atoms with E-state index in [9.17, 15) is 27.6 Å². The lowest BCUT2D eigenvalue weighted by molar-refractivity contribution is -0.153. The fourth-order valence-electron chi connectivity index (χ4n) is 7.40. The highest BCUT2D eigenvalue weighted by molar-refractivity contribution is 7.87. The summed E-state index contributed by atoms with van der Waals surface area (Å²) in [6.45, 7) is 10.2. The number of hydrogen-bond acceptors (Lipinski definition) is 9. The predicted octanol–water partition coefficient (Wildman–Crippen LogP) is 3.89. The Labute approximate surface area is 305 Å². The summed E-state index contributed by atoms with van der Waals surface area (Å²) in [6, 6.07) is 6.72. The SMILES string of the molecule is C=C[C@@H]1C[C@]1(NC(=O)[C@@H]1C[C@@H]2CN1C(=O)[C@H](C(C)(C)C)CC(=O)OCCC/C=C/c1ccc3ccnc(c3c1)O2)C(=O)NS(=O)(=O)N1CCCCC1. The van der Waals surface area contributed by atoms with Crippen molar-refractivity contribution in [2.24, 2.45) is 17.3 Å². The number of fused-ring (bicyclic) bond motifs is 3. The largest absolute Gasteiger partial charge is 0.472 e. The third-order valence-electron chi connectivity index (χ3n) is 10.6. The normalized spacial score (nSPS) is 28.2. The molecule has 280 valence electrons. The van der Waals surface area contributed by atoms with Crippen molar-refractivity contribution in [1.82, 2.24) is 24.2 Å². The van der Waals surface area contributed by atoms with Crippen molar-refractivity contribution in [1.29, 1.82) is 0 Å². The summed E-state index contributed by atoms with van der Waals surface area (Å²) in [4.78, 5) is 61.6. The summed E-state index contributed by atoms with van der Waals surface area (Å²) in [7, 11) is -4.14. The second-order valence-electron chi connectivity index (χ2n) is 15.4. The van der Waals surface area contributed by atoms with Gasteiger partial charge in [0.15, 0.2) is 0 Å². The van der Waals surface area contributed by atoms with Crippen molar-refractivity contribution in [2.75, 3.05) is 26.2 Å². The van der Waals surface area contributed by atoms with Gasteiger partial charge in [0, 0.05) is 37.0 Å². The average Bonchev–Trinajstić information content (AvgIpc) is 3.67. The van der Waals surface area contributed by atoms with Gasteiger partial charge in [-0.1, -0.05) is 57.6 Å². The van der Waals surface area contributed by atoms with Crippen LogP contribution in [0.2, 0.25) is 0 Å². The number of hydrogen-bond donors (Lipinski definition) is 2. The Balaban J connectivity index is 1.31. The van der Waals surface area contributed by atoms with E-state index in [4.69, 9.17) is 9.47 Å². The molecule has 3 aliphatic heterocycles. The molecule has 0 unspecified atom stereocenters. The van der Waals surface area contributed by atoms with Gasteiger partial charge in [0.1, 0.15) is 17.7 Å². The fraction of sp³-hybridized carbons (Fsp3) is 0.553. The molecule has 0 spiro atoms. The Morgan fingerprint density at radius 1 is 1.10 bits per heavy atom. The highest BCUT2D eigenvalue weighted by Gasteiger charge is 2.62. The van der Waals surface area contributed by atoms with Crippen LogP contribution in [-0.2, 0) is 34.1 Å².